The lowest BCUT2D eigenvalue weighted by atomic mass is 9.88. The number of morpholine rings is 1. The molecule has 0 spiro atoms. The van der Waals surface area contributed by atoms with Crippen LogP contribution >= 0.6 is 11.6 Å². The average molecular weight is 402 g/mol. The van der Waals surface area contributed by atoms with Gasteiger partial charge < -0.3 is 25.4 Å². The maximum Gasteiger partial charge on any atom is 0.323 e. The first-order valence-corrected chi connectivity index (χ1v) is 9.97. The van der Waals surface area contributed by atoms with Crippen LogP contribution in [0, 0.1) is 0 Å². The first kappa shape index (κ1) is 19.1. The summed E-state index contributed by atoms with van der Waals surface area (Å²) in [4.78, 5) is 14.7. The van der Waals surface area contributed by atoms with Crippen molar-refractivity contribution < 1.29 is 14.6 Å². The second kappa shape index (κ2) is 8.39. The van der Waals surface area contributed by atoms with Crippen LogP contribution in [-0.4, -0.2) is 43.5 Å². The normalized spacial score (nSPS) is 19.1. The van der Waals surface area contributed by atoms with Crippen molar-refractivity contribution in [2.45, 2.75) is 25.4 Å². The van der Waals surface area contributed by atoms with Crippen molar-refractivity contribution in [2.75, 3.05) is 41.8 Å². The van der Waals surface area contributed by atoms with E-state index in [0.29, 0.717) is 30.3 Å². The van der Waals surface area contributed by atoms with Gasteiger partial charge in [0.1, 0.15) is 0 Å². The summed E-state index contributed by atoms with van der Waals surface area (Å²) in [6.45, 7) is 2.99. The highest BCUT2D eigenvalue weighted by molar-refractivity contribution is 6.33. The molecule has 1 saturated heterocycles. The summed E-state index contributed by atoms with van der Waals surface area (Å²) in [6, 6.07) is 11.0. The van der Waals surface area contributed by atoms with Crippen molar-refractivity contribution >= 4 is 34.7 Å². The molecule has 1 aliphatic carbocycles. The summed E-state index contributed by atoms with van der Waals surface area (Å²) >= 11 is 6.44. The molecular weight excluding hydrogens is 378 g/mol. The first-order valence-electron chi connectivity index (χ1n) is 9.59. The lowest BCUT2D eigenvalue weighted by molar-refractivity contribution is 0.122. The molecule has 7 heteroatoms. The molecule has 6 nitrogen and oxygen atoms in total. The zero-order valence-corrected chi connectivity index (χ0v) is 16.3. The molecule has 0 radical (unpaired) electrons. The lowest BCUT2D eigenvalue weighted by Gasteiger charge is -2.29. The number of rotatable bonds is 3. The highest BCUT2D eigenvalue weighted by Gasteiger charge is 2.20. The Kier molecular flexibility index (Phi) is 5.71. The number of hydrogen-bond donors (Lipinski definition) is 3. The van der Waals surface area contributed by atoms with Gasteiger partial charge in [-0.1, -0.05) is 23.7 Å². The summed E-state index contributed by atoms with van der Waals surface area (Å²) in [5.41, 5.74) is 4.51. The minimum absolute atomic E-state index is 0.330. The number of hydrogen-bond acceptors (Lipinski definition) is 4. The van der Waals surface area contributed by atoms with Gasteiger partial charge in [-0.3, -0.25) is 0 Å². The number of nitrogens with zero attached hydrogens (tertiary/aromatic N) is 1. The molecule has 0 saturated carbocycles. The number of benzene rings is 2. The number of ether oxygens (including phenoxy) is 1. The summed E-state index contributed by atoms with van der Waals surface area (Å²) in [5.74, 6) is 0. The SMILES string of the molecule is O=C(Nc1ccc(N2CCOCC2)c(Cl)c1)Nc1cccc2c1CC(O)CC2. The van der Waals surface area contributed by atoms with Gasteiger partial charge >= 0.3 is 6.03 Å². The Hall–Kier alpha value is -2.28. The monoisotopic (exact) mass is 401 g/mol. The van der Waals surface area contributed by atoms with E-state index >= 15 is 0 Å². The van der Waals surface area contributed by atoms with E-state index in [1.807, 2.05) is 24.3 Å². The molecule has 1 fully saturated rings. The number of halogens is 1. The molecule has 2 amide bonds. The third kappa shape index (κ3) is 4.24. The maximum absolute atomic E-state index is 12.5. The van der Waals surface area contributed by atoms with E-state index in [1.54, 1.807) is 6.07 Å². The molecule has 1 atom stereocenters. The number of fused-ring (bicyclic) bond motifs is 1. The van der Waals surface area contributed by atoms with Crippen LogP contribution in [0.4, 0.5) is 21.9 Å². The Balaban J connectivity index is 1.44. The zero-order chi connectivity index (χ0) is 19.5. The predicted molar refractivity (Wildman–Crippen MR) is 112 cm³/mol. The Morgan fingerprint density at radius 3 is 2.79 bits per heavy atom. The van der Waals surface area contributed by atoms with E-state index in [0.717, 1.165) is 42.9 Å². The van der Waals surface area contributed by atoms with Crippen LogP contribution in [0.5, 0.6) is 0 Å². The van der Waals surface area contributed by atoms with Gasteiger partial charge in [-0.05, 0) is 48.2 Å². The largest absolute Gasteiger partial charge is 0.393 e. The van der Waals surface area contributed by atoms with Crippen LogP contribution in [0.3, 0.4) is 0 Å². The molecule has 1 heterocycles. The van der Waals surface area contributed by atoms with Gasteiger partial charge in [0.15, 0.2) is 0 Å². The standard InChI is InChI=1S/C21H24ClN3O3/c22-18-12-15(5-7-20(18)25-8-10-28-11-9-25)23-21(27)24-19-3-1-2-14-4-6-16(26)13-17(14)19/h1-3,5,7,12,16,26H,4,6,8-11,13H2,(H2,23,24,27). The Morgan fingerprint density at radius 2 is 2.00 bits per heavy atom. The van der Waals surface area contributed by atoms with Crippen molar-refractivity contribution in [1.82, 2.24) is 0 Å². The van der Waals surface area contributed by atoms with E-state index in [-0.39, 0.29) is 12.1 Å². The zero-order valence-electron chi connectivity index (χ0n) is 15.6. The van der Waals surface area contributed by atoms with Crippen LogP contribution in [-0.2, 0) is 17.6 Å². The molecular formula is C21H24ClN3O3. The van der Waals surface area contributed by atoms with Crippen LogP contribution < -0.4 is 15.5 Å². The number of urea groups is 1. The molecule has 0 bridgehead atoms. The average Bonchev–Trinajstić information content (AvgIpc) is 2.69. The van der Waals surface area contributed by atoms with Gasteiger partial charge in [-0.25, -0.2) is 4.79 Å². The van der Waals surface area contributed by atoms with E-state index in [4.69, 9.17) is 16.3 Å². The second-order valence-corrected chi connectivity index (χ2v) is 7.59. The summed E-state index contributed by atoms with van der Waals surface area (Å²) < 4.78 is 5.37. The van der Waals surface area contributed by atoms with Gasteiger partial charge in [0.25, 0.3) is 0 Å². The van der Waals surface area contributed by atoms with E-state index < -0.39 is 0 Å². The fraction of sp³-hybridized carbons (Fsp3) is 0.381. The fourth-order valence-corrected chi connectivity index (χ4v) is 4.12. The van der Waals surface area contributed by atoms with Crippen molar-refractivity contribution in [1.29, 1.82) is 0 Å². The third-order valence-corrected chi connectivity index (χ3v) is 5.57. The van der Waals surface area contributed by atoms with Crippen molar-refractivity contribution in [3.8, 4) is 0 Å². The lowest BCUT2D eigenvalue weighted by Crippen LogP contribution is -2.36. The van der Waals surface area contributed by atoms with Gasteiger partial charge in [-0.15, -0.1) is 0 Å². The van der Waals surface area contributed by atoms with E-state index in [9.17, 15) is 9.90 Å². The van der Waals surface area contributed by atoms with Crippen molar-refractivity contribution in [3.63, 3.8) is 0 Å². The molecule has 4 rings (SSSR count). The molecule has 3 N–H and O–H groups in total. The number of aliphatic hydroxyl groups is 1. The Labute approximate surface area is 169 Å². The van der Waals surface area contributed by atoms with Gasteiger partial charge in [-0.2, -0.15) is 0 Å². The van der Waals surface area contributed by atoms with Crippen LogP contribution in [0.2, 0.25) is 5.02 Å². The highest BCUT2D eigenvalue weighted by Crippen LogP contribution is 2.30. The minimum atomic E-state index is -0.356. The molecule has 148 valence electrons. The molecule has 2 aliphatic rings. The molecule has 2 aromatic carbocycles. The van der Waals surface area contributed by atoms with Crippen LogP contribution in [0.25, 0.3) is 0 Å². The molecule has 0 aromatic heterocycles. The summed E-state index contributed by atoms with van der Waals surface area (Å²) in [5, 5.41) is 16.3. The number of anilines is 3. The Bertz CT molecular complexity index is 868. The van der Waals surface area contributed by atoms with E-state index in [1.165, 1.54) is 5.56 Å². The molecule has 1 unspecified atom stereocenters. The molecule has 1 aliphatic heterocycles. The number of amides is 2. The molecule has 2 aromatic rings. The van der Waals surface area contributed by atoms with E-state index in [2.05, 4.69) is 21.6 Å². The number of carbonyl (C=O) groups excluding carboxylic acids is 1. The minimum Gasteiger partial charge on any atom is -0.393 e. The fourth-order valence-electron chi connectivity index (χ4n) is 3.82. The van der Waals surface area contributed by atoms with Crippen LogP contribution in [0.1, 0.15) is 17.5 Å². The number of nitrogens with one attached hydrogen (secondary N) is 2. The smallest absolute Gasteiger partial charge is 0.323 e. The van der Waals surface area contributed by atoms with Crippen molar-refractivity contribution in [3.05, 3.63) is 52.5 Å². The number of aryl methyl sites for hydroxylation is 1. The number of carbonyl (C=O) groups is 1. The van der Waals surface area contributed by atoms with Gasteiger partial charge in [0.05, 0.1) is 30.0 Å². The quantitative estimate of drug-likeness (QED) is 0.733. The maximum atomic E-state index is 12.5. The first-order chi connectivity index (χ1) is 13.6. The van der Waals surface area contributed by atoms with Crippen molar-refractivity contribution in [2.24, 2.45) is 0 Å². The van der Waals surface area contributed by atoms with Crippen LogP contribution in [0.15, 0.2) is 36.4 Å². The topological polar surface area (TPSA) is 73.8 Å². The van der Waals surface area contributed by atoms with Gasteiger partial charge in [0, 0.05) is 30.9 Å². The molecule has 28 heavy (non-hydrogen) atoms. The Morgan fingerprint density at radius 1 is 1.18 bits per heavy atom. The predicted octanol–water partition coefficient (Wildman–Crippen LogP) is 3.67. The third-order valence-electron chi connectivity index (χ3n) is 5.27. The summed E-state index contributed by atoms with van der Waals surface area (Å²) in [7, 11) is 0. The summed E-state index contributed by atoms with van der Waals surface area (Å²) in [6.07, 6.45) is 1.79. The second-order valence-electron chi connectivity index (χ2n) is 7.18. The highest BCUT2D eigenvalue weighted by atomic mass is 35.5. The number of aliphatic hydroxyl groups excluding tert-OH is 1. The van der Waals surface area contributed by atoms with Gasteiger partial charge in [0.2, 0.25) is 0 Å².